The van der Waals surface area contributed by atoms with Crippen molar-refractivity contribution in [3.63, 3.8) is 0 Å². The number of hydrogen-bond donors (Lipinski definition) is 1. The van der Waals surface area contributed by atoms with Crippen LogP contribution in [0.3, 0.4) is 0 Å². The Hall–Kier alpha value is -0.0900. The van der Waals surface area contributed by atoms with Gasteiger partial charge in [0.2, 0.25) is 0 Å². The van der Waals surface area contributed by atoms with Crippen LogP contribution >= 0.6 is 15.9 Å². The van der Waals surface area contributed by atoms with E-state index in [1.54, 1.807) is 6.92 Å². The molecule has 2 N–H and O–H groups in total. The van der Waals surface area contributed by atoms with Gasteiger partial charge in [-0.1, -0.05) is 15.9 Å². The summed E-state index contributed by atoms with van der Waals surface area (Å²) < 4.78 is 4.33. The minimum Gasteiger partial charge on any atom is -0.465 e. The molecule has 11 heavy (non-hydrogen) atoms. The number of carbonyl (C=O) groups is 1. The van der Waals surface area contributed by atoms with E-state index in [9.17, 15) is 4.79 Å². The lowest BCUT2D eigenvalue weighted by atomic mass is 10.1. The maximum atomic E-state index is 11.0. The van der Waals surface area contributed by atoms with E-state index in [4.69, 9.17) is 10.5 Å². The number of hydrogen-bond acceptors (Lipinski definition) is 3. The lowest BCUT2D eigenvalue weighted by Gasteiger charge is -2.22. The van der Waals surface area contributed by atoms with E-state index in [2.05, 4.69) is 15.9 Å². The van der Waals surface area contributed by atoms with E-state index in [-0.39, 0.29) is 5.97 Å². The Bertz CT molecular complexity index is 142. The fourth-order valence-corrected chi connectivity index (χ4v) is 0.699. The van der Waals surface area contributed by atoms with Gasteiger partial charge in [0.05, 0.1) is 6.61 Å². The average molecular weight is 224 g/mol. The minimum absolute atomic E-state index is 0.366. The van der Waals surface area contributed by atoms with Crippen molar-refractivity contribution in [3.8, 4) is 0 Å². The maximum absolute atomic E-state index is 11.0. The Kier molecular flexibility index (Phi) is 4.03. The van der Waals surface area contributed by atoms with Crippen LogP contribution in [-0.2, 0) is 9.53 Å². The fraction of sp³-hybridized carbons (Fsp3) is 0.857. The van der Waals surface area contributed by atoms with Gasteiger partial charge in [0.15, 0.2) is 0 Å². The Labute approximate surface area is 75.4 Å². The highest BCUT2D eigenvalue weighted by Crippen LogP contribution is 2.19. The number of carbonyl (C=O) groups excluding carboxylic acids is 1. The third-order valence-electron chi connectivity index (χ3n) is 1.28. The minimum atomic E-state index is -0.609. The van der Waals surface area contributed by atoms with Crippen molar-refractivity contribution in [2.24, 2.45) is 5.73 Å². The number of ether oxygens (including phenoxy) is 1. The van der Waals surface area contributed by atoms with Crippen molar-refractivity contribution in [1.82, 2.24) is 0 Å². The van der Waals surface area contributed by atoms with E-state index in [0.29, 0.717) is 6.61 Å². The molecule has 66 valence electrons. The summed E-state index contributed by atoms with van der Waals surface area (Å²) in [7, 11) is 0. The van der Waals surface area contributed by atoms with Crippen LogP contribution in [0.1, 0.15) is 20.8 Å². The summed E-state index contributed by atoms with van der Waals surface area (Å²) in [5.74, 6) is -0.366. The highest BCUT2D eigenvalue weighted by molar-refractivity contribution is 9.10. The maximum Gasteiger partial charge on any atom is 0.324 e. The second kappa shape index (κ2) is 4.07. The molecule has 1 unspecified atom stereocenters. The zero-order chi connectivity index (χ0) is 9.07. The molecule has 4 heteroatoms. The first kappa shape index (κ1) is 10.9. The van der Waals surface area contributed by atoms with Gasteiger partial charge in [0.25, 0.3) is 0 Å². The monoisotopic (exact) mass is 223 g/mol. The zero-order valence-electron chi connectivity index (χ0n) is 7.06. The molecular weight excluding hydrogens is 210 g/mol. The van der Waals surface area contributed by atoms with E-state index >= 15 is 0 Å². The standard InChI is InChI=1S/C7H14BrNO2/c1-4-11-6(10)5(9)7(2,3)8/h5H,4,9H2,1-3H3. The summed E-state index contributed by atoms with van der Waals surface area (Å²) in [6, 6.07) is -0.609. The smallest absolute Gasteiger partial charge is 0.324 e. The summed E-state index contributed by atoms with van der Waals surface area (Å²) in [6.07, 6.45) is 0. The van der Waals surface area contributed by atoms with Crippen molar-refractivity contribution >= 4 is 21.9 Å². The average Bonchev–Trinajstić information content (AvgIpc) is 1.85. The second-order valence-electron chi connectivity index (χ2n) is 2.79. The second-order valence-corrected chi connectivity index (χ2v) is 4.84. The molecule has 0 radical (unpaired) electrons. The van der Waals surface area contributed by atoms with Crippen LogP contribution in [0.15, 0.2) is 0 Å². The van der Waals surface area contributed by atoms with Crippen molar-refractivity contribution < 1.29 is 9.53 Å². The van der Waals surface area contributed by atoms with Crippen LogP contribution in [0.2, 0.25) is 0 Å². The fourth-order valence-electron chi connectivity index (χ4n) is 0.512. The van der Waals surface area contributed by atoms with Gasteiger partial charge in [0, 0.05) is 4.32 Å². The zero-order valence-corrected chi connectivity index (χ0v) is 8.64. The molecule has 0 heterocycles. The molecule has 0 amide bonds. The molecule has 0 aromatic carbocycles. The molecule has 1 atom stereocenters. The molecule has 0 aromatic heterocycles. The lowest BCUT2D eigenvalue weighted by molar-refractivity contribution is -0.145. The number of esters is 1. The van der Waals surface area contributed by atoms with Gasteiger partial charge < -0.3 is 10.5 Å². The van der Waals surface area contributed by atoms with E-state index < -0.39 is 10.4 Å². The molecule has 3 nitrogen and oxygen atoms in total. The molecule has 0 rings (SSSR count). The summed E-state index contributed by atoms with van der Waals surface area (Å²) in [5, 5.41) is 0. The van der Waals surface area contributed by atoms with Crippen LogP contribution in [-0.4, -0.2) is 22.9 Å². The van der Waals surface area contributed by atoms with Crippen LogP contribution in [0.5, 0.6) is 0 Å². The van der Waals surface area contributed by atoms with Gasteiger partial charge in [-0.3, -0.25) is 4.79 Å². The van der Waals surface area contributed by atoms with E-state index in [0.717, 1.165) is 0 Å². The Morgan fingerprint density at radius 3 is 2.45 bits per heavy atom. The van der Waals surface area contributed by atoms with E-state index in [1.807, 2.05) is 13.8 Å². The molecule has 0 aliphatic carbocycles. The first-order chi connectivity index (χ1) is 4.89. The third-order valence-corrected chi connectivity index (χ3v) is 1.77. The van der Waals surface area contributed by atoms with Gasteiger partial charge in [-0.25, -0.2) is 0 Å². The van der Waals surface area contributed by atoms with Crippen molar-refractivity contribution in [2.75, 3.05) is 6.61 Å². The Morgan fingerprint density at radius 2 is 2.18 bits per heavy atom. The van der Waals surface area contributed by atoms with E-state index in [1.165, 1.54) is 0 Å². The number of nitrogens with two attached hydrogens (primary N) is 1. The summed E-state index contributed by atoms with van der Waals surface area (Å²) in [5.41, 5.74) is 5.56. The first-order valence-corrected chi connectivity index (χ1v) is 4.30. The van der Waals surface area contributed by atoms with Crippen molar-refractivity contribution in [1.29, 1.82) is 0 Å². The van der Waals surface area contributed by atoms with Crippen LogP contribution in [0.4, 0.5) is 0 Å². The molecule has 0 fully saturated rings. The van der Waals surface area contributed by atoms with Gasteiger partial charge >= 0.3 is 5.97 Å². The summed E-state index contributed by atoms with van der Waals surface area (Å²) >= 11 is 3.29. The Morgan fingerprint density at radius 1 is 1.73 bits per heavy atom. The predicted molar refractivity (Wildman–Crippen MR) is 47.6 cm³/mol. The van der Waals surface area contributed by atoms with Crippen molar-refractivity contribution in [3.05, 3.63) is 0 Å². The molecular formula is C7H14BrNO2. The quantitative estimate of drug-likeness (QED) is 0.575. The summed E-state index contributed by atoms with van der Waals surface area (Å²) in [6.45, 7) is 5.78. The highest BCUT2D eigenvalue weighted by atomic mass is 79.9. The third kappa shape index (κ3) is 3.72. The molecule has 0 aromatic rings. The molecule has 0 saturated carbocycles. The van der Waals surface area contributed by atoms with Gasteiger partial charge in [0.1, 0.15) is 6.04 Å². The molecule has 0 aliphatic heterocycles. The molecule has 0 saturated heterocycles. The molecule has 0 aliphatic rings. The highest BCUT2D eigenvalue weighted by Gasteiger charge is 2.30. The first-order valence-electron chi connectivity index (χ1n) is 3.50. The summed E-state index contributed by atoms with van der Waals surface area (Å²) in [4.78, 5) is 11.0. The van der Waals surface area contributed by atoms with Crippen LogP contribution in [0, 0.1) is 0 Å². The number of halogens is 1. The lowest BCUT2D eigenvalue weighted by Crippen LogP contribution is -2.45. The normalized spacial score (nSPS) is 14.3. The predicted octanol–water partition coefficient (Wildman–Crippen LogP) is 1.05. The van der Waals surface area contributed by atoms with Crippen LogP contribution < -0.4 is 5.73 Å². The van der Waals surface area contributed by atoms with Gasteiger partial charge in [-0.15, -0.1) is 0 Å². The molecule has 0 spiro atoms. The number of alkyl halides is 1. The molecule has 0 bridgehead atoms. The van der Waals surface area contributed by atoms with Crippen molar-refractivity contribution in [2.45, 2.75) is 31.1 Å². The SMILES string of the molecule is CCOC(=O)C(N)C(C)(C)Br. The van der Waals surface area contributed by atoms with Crippen LogP contribution in [0.25, 0.3) is 0 Å². The number of rotatable bonds is 3. The van der Waals surface area contributed by atoms with Gasteiger partial charge in [-0.05, 0) is 20.8 Å². The topological polar surface area (TPSA) is 52.3 Å². The van der Waals surface area contributed by atoms with Gasteiger partial charge in [-0.2, -0.15) is 0 Å². The largest absolute Gasteiger partial charge is 0.465 e. The Balaban J connectivity index is 4.03.